The summed E-state index contributed by atoms with van der Waals surface area (Å²) >= 11 is 0. The molecule has 0 bridgehead atoms. The van der Waals surface area contributed by atoms with Crippen LogP contribution in [0, 0.1) is 0 Å². The largest absolute Gasteiger partial charge is 0.487 e. The summed E-state index contributed by atoms with van der Waals surface area (Å²) in [5.41, 5.74) is 1.50. The molecule has 9 nitrogen and oxygen atoms in total. The normalized spacial score (nSPS) is 19.0. The van der Waals surface area contributed by atoms with Crippen LogP contribution in [0.2, 0.25) is 18.1 Å². The Morgan fingerprint density at radius 1 is 1.00 bits per heavy atom. The molecule has 2 aliphatic heterocycles. The van der Waals surface area contributed by atoms with E-state index in [2.05, 4.69) is 39.2 Å². The first-order chi connectivity index (χ1) is 21.3. The van der Waals surface area contributed by atoms with Gasteiger partial charge in [0.25, 0.3) is 0 Å². The van der Waals surface area contributed by atoms with Gasteiger partial charge < -0.3 is 24.0 Å². The van der Waals surface area contributed by atoms with E-state index >= 15 is 0 Å². The molecule has 238 valence electrons. The molecule has 0 fully saturated rings. The number of Topliss-reactive ketones (excluding diaryl/α,β-unsaturated/α-hetero) is 1. The lowest BCUT2D eigenvalue weighted by Crippen LogP contribution is -2.57. The Balaban J connectivity index is 1.62. The van der Waals surface area contributed by atoms with E-state index in [-0.39, 0.29) is 41.2 Å². The fraction of sp³-hybridized carbons (Fsp3) is 0.400. The molecule has 0 spiro atoms. The second-order valence-electron chi connectivity index (χ2n) is 13.3. The first-order valence-electron chi connectivity index (χ1n) is 15.2. The maximum atomic E-state index is 14.5. The highest BCUT2D eigenvalue weighted by molar-refractivity contribution is 6.74. The number of carbonyl (C=O) groups is 3. The van der Waals surface area contributed by atoms with E-state index in [1.807, 2.05) is 60.7 Å². The number of amides is 1. The number of benzene rings is 3. The molecular formula is C35H42N2O7Si. The van der Waals surface area contributed by atoms with Crippen LogP contribution in [0.1, 0.15) is 60.7 Å². The third kappa shape index (κ3) is 5.96. The molecule has 0 unspecified atom stereocenters. The van der Waals surface area contributed by atoms with E-state index in [9.17, 15) is 14.4 Å². The summed E-state index contributed by atoms with van der Waals surface area (Å²) < 4.78 is 23.8. The minimum Gasteiger partial charge on any atom is -0.487 e. The van der Waals surface area contributed by atoms with Crippen molar-refractivity contribution in [2.75, 3.05) is 30.5 Å². The smallest absolute Gasteiger partial charge is 0.416 e. The summed E-state index contributed by atoms with van der Waals surface area (Å²) in [4.78, 5) is 43.1. The van der Waals surface area contributed by atoms with Crippen LogP contribution in [-0.4, -0.2) is 52.0 Å². The highest BCUT2D eigenvalue weighted by Crippen LogP contribution is 2.53. The van der Waals surface area contributed by atoms with Crippen LogP contribution < -0.4 is 15.0 Å². The summed E-state index contributed by atoms with van der Waals surface area (Å²) in [5, 5.41) is 3.43. The molecule has 0 saturated heterocycles. The standard InChI is InChI=1S/C35H42N2O7Si/c1-34(2,3)45(6,7)44-22-25-19-36-26-18-27(42-20-23-14-10-8-11-15-23)30-29(28(25)26)31(38)35(4,32(39)41-5)37(30)33(40)43-21-24-16-12-9-13-17-24/h8-18,25,36H,19-22H2,1-7H3/t25-,35+/m0/s1. The van der Waals surface area contributed by atoms with Gasteiger partial charge in [0.05, 0.1) is 12.7 Å². The third-order valence-electron chi connectivity index (χ3n) is 9.25. The van der Waals surface area contributed by atoms with E-state index in [1.54, 1.807) is 6.07 Å². The maximum Gasteiger partial charge on any atom is 0.416 e. The Labute approximate surface area is 265 Å². The van der Waals surface area contributed by atoms with Crippen molar-refractivity contribution in [3.8, 4) is 5.75 Å². The molecule has 0 aromatic heterocycles. The predicted octanol–water partition coefficient (Wildman–Crippen LogP) is 7.07. The molecule has 2 heterocycles. The van der Waals surface area contributed by atoms with Crippen molar-refractivity contribution >= 4 is 37.5 Å². The molecule has 2 atom stereocenters. The number of nitrogens with zero attached hydrogens (tertiary/aromatic N) is 1. The molecule has 3 aromatic carbocycles. The lowest BCUT2D eigenvalue weighted by molar-refractivity contribution is -0.144. The molecule has 0 radical (unpaired) electrons. The summed E-state index contributed by atoms with van der Waals surface area (Å²) in [6.07, 6.45) is -0.858. The van der Waals surface area contributed by atoms with E-state index in [4.69, 9.17) is 18.6 Å². The minimum atomic E-state index is -2.12. The average molecular weight is 631 g/mol. The SMILES string of the molecule is COC(=O)[C@@]1(C)C(=O)c2c3c(cc(OCc4ccccc4)c2N1C(=O)OCc1ccccc1)NC[C@H]3CO[Si](C)(C)C(C)(C)C. The molecule has 1 N–H and O–H groups in total. The van der Waals surface area contributed by atoms with Crippen molar-refractivity contribution in [1.29, 1.82) is 0 Å². The topological polar surface area (TPSA) is 103 Å². The van der Waals surface area contributed by atoms with Crippen LogP contribution >= 0.6 is 0 Å². The van der Waals surface area contributed by atoms with Gasteiger partial charge >= 0.3 is 12.1 Å². The van der Waals surface area contributed by atoms with Crippen LogP contribution in [0.5, 0.6) is 5.75 Å². The number of ketones is 1. The number of anilines is 2. The highest BCUT2D eigenvalue weighted by atomic mass is 28.4. The fourth-order valence-corrected chi connectivity index (χ4v) is 6.59. The van der Waals surface area contributed by atoms with Crippen LogP contribution in [-0.2, 0) is 31.9 Å². The Kier molecular flexibility index (Phi) is 8.83. The zero-order chi connectivity index (χ0) is 32.6. The van der Waals surface area contributed by atoms with Gasteiger partial charge in [0.2, 0.25) is 11.3 Å². The van der Waals surface area contributed by atoms with E-state index in [0.29, 0.717) is 24.4 Å². The van der Waals surface area contributed by atoms with Gasteiger partial charge in [-0.2, -0.15) is 0 Å². The number of nitrogens with one attached hydrogen (secondary N) is 1. The first-order valence-corrected chi connectivity index (χ1v) is 18.1. The van der Waals surface area contributed by atoms with Crippen molar-refractivity contribution in [2.45, 2.75) is 70.5 Å². The van der Waals surface area contributed by atoms with Gasteiger partial charge in [-0.3, -0.25) is 4.79 Å². The second-order valence-corrected chi connectivity index (χ2v) is 18.1. The molecule has 0 aliphatic carbocycles. The number of rotatable bonds is 9. The number of carbonyl (C=O) groups excluding carboxylic acids is 3. The molecule has 3 aromatic rings. The number of hydrogen-bond donors (Lipinski definition) is 1. The molecule has 45 heavy (non-hydrogen) atoms. The van der Waals surface area contributed by atoms with Crippen LogP contribution in [0.3, 0.4) is 0 Å². The van der Waals surface area contributed by atoms with Crippen molar-refractivity contribution in [2.24, 2.45) is 0 Å². The second kappa shape index (κ2) is 12.3. The summed E-state index contributed by atoms with van der Waals surface area (Å²) in [7, 11) is -0.919. The average Bonchev–Trinajstić information content (AvgIpc) is 3.53. The Bertz CT molecular complexity index is 1590. The van der Waals surface area contributed by atoms with Crippen molar-refractivity contribution in [1.82, 2.24) is 0 Å². The van der Waals surface area contributed by atoms with Gasteiger partial charge in [-0.25, -0.2) is 14.5 Å². The molecule has 10 heteroatoms. The fourth-order valence-electron chi connectivity index (χ4n) is 5.54. The third-order valence-corrected chi connectivity index (χ3v) is 13.8. The molecular weight excluding hydrogens is 588 g/mol. The Morgan fingerprint density at radius 3 is 2.18 bits per heavy atom. The van der Waals surface area contributed by atoms with Gasteiger partial charge in [0, 0.05) is 30.8 Å². The lowest BCUT2D eigenvalue weighted by Gasteiger charge is -2.37. The molecule has 5 rings (SSSR count). The van der Waals surface area contributed by atoms with Gasteiger partial charge in [-0.05, 0) is 41.7 Å². The number of hydrogen-bond acceptors (Lipinski definition) is 8. The molecule has 2 aliphatic rings. The highest BCUT2D eigenvalue weighted by Gasteiger charge is 2.60. The molecule has 1 amide bonds. The Hall–Kier alpha value is -4.15. The van der Waals surface area contributed by atoms with E-state index in [1.165, 1.54) is 14.0 Å². The number of methoxy groups -OCH3 is 1. The summed E-state index contributed by atoms with van der Waals surface area (Å²) in [5.74, 6) is -1.34. The zero-order valence-electron chi connectivity index (χ0n) is 27.1. The minimum absolute atomic E-state index is 0.00245. The molecule has 0 saturated carbocycles. The Morgan fingerprint density at radius 2 is 1.60 bits per heavy atom. The van der Waals surface area contributed by atoms with Crippen molar-refractivity contribution in [3.63, 3.8) is 0 Å². The van der Waals surface area contributed by atoms with Crippen molar-refractivity contribution < 1.29 is 33.0 Å². The summed E-state index contributed by atoms with van der Waals surface area (Å²) in [6.45, 7) is 13.4. The van der Waals surface area contributed by atoms with Crippen molar-refractivity contribution in [3.05, 3.63) is 89.0 Å². The maximum absolute atomic E-state index is 14.5. The van der Waals surface area contributed by atoms with Crippen LogP contribution in [0.15, 0.2) is 66.7 Å². The number of ether oxygens (including phenoxy) is 3. The monoisotopic (exact) mass is 630 g/mol. The van der Waals surface area contributed by atoms with E-state index in [0.717, 1.165) is 16.0 Å². The van der Waals surface area contributed by atoms with Gasteiger partial charge in [0.15, 0.2) is 8.32 Å². The lowest BCUT2D eigenvalue weighted by atomic mass is 9.88. The summed E-state index contributed by atoms with van der Waals surface area (Å²) in [6, 6.07) is 20.6. The van der Waals surface area contributed by atoms with Gasteiger partial charge in [0.1, 0.15) is 24.7 Å². The number of esters is 1. The van der Waals surface area contributed by atoms with Gasteiger partial charge in [-0.15, -0.1) is 0 Å². The zero-order valence-corrected chi connectivity index (χ0v) is 28.1. The first kappa shape index (κ1) is 32.2. The van der Waals surface area contributed by atoms with E-state index < -0.39 is 31.7 Å². The number of fused-ring (bicyclic) bond motifs is 3. The van der Waals surface area contributed by atoms with Crippen LogP contribution in [0.25, 0.3) is 0 Å². The predicted molar refractivity (Wildman–Crippen MR) is 175 cm³/mol. The quantitative estimate of drug-likeness (QED) is 0.152. The van der Waals surface area contributed by atoms with Gasteiger partial charge in [-0.1, -0.05) is 81.4 Å². The van der Waals surface area contributed by atoms with Crippen LogP contribution in [0.4, 0.5) is 16.2 Å².